The monoisotopic (exact) mass is 517 g/mol. The van der Waals surface area contributed by atoms with E-state index < -0.39 is 46.5 Å². The molecule has 0 saturated carbocycles. The van der Waals surface area contributed by atoms with Gasteiger partial charge in [-0.2, -0.15) is 8.78 Å². The lowest BCUT2D eigenvalue weighted by molar-refractivity contribution is -0.184. The number of hydrogen-bond donors (Lipinski definition) is 0. The Bertz CT molecular complexity index is 954. The second-order valence-electron chi connectivity index (χ2n) is 5.90. The van der Waals surface area contributed by atoms with Gasteiger partial charge in [-0.15, -0.1) is 5.06 Å². The van der Waals surface area contributed by atoms with Crippen LogP contribution >= 0.6 is 0 Å². The number of aliphatic imine (C=N–C) groups is 2. The molecule has 0 radical (unpaired) electrons. The molecule has 0 spiro atoms. The lowest BCUT2D eigenvalue weighted by Gasteiger charge is -2.13. The van der Waals surface area contributed by atoms with Crippen LogP contribution in [0.3, 0.4) is 0 Å². The van der Waals surface area contributed by atoms with Gasteiger partial charge >= 0.3 is 11.9 Å². The molecule has 2 rings (SSSR count). The Balaban J connectivity index is -0.000000452. The maximum atomic E-state index is 13.0. The Hall–Kier alpha value is -4.01. The van der Waals surface area contributed by atoms with Gasteiger partial charge in [0.1, 0.15) is 0 Å². The molecule has 8 nitrogen and oxygen atoms in total. The third-order valence-corrected chi connectivity index (χ3v) is 3.37. The summed E-state index contributed by atoms with van der Waals surface area (Å²) in [6.45, 7) is 16.9. The molecule has 0 atom stereocenters. The first-order valence-corrected chi connectivity index (χ1v) is 10.2. The van der Waals surface area contributed by atoms with E-state index in [1.54, 1.807) is 14.1 Å². The van der Waals surface area contributed by atoms with Crippen molar-refractivity contribution in [2.75, 3.05) is 14.1 Å². The lowest BCUT2D eigenvalue weighted by atomic mass is 10.2. The summed E-state index contributed by atoms with van der Waals surface area (Å²) in [6.07, 6.45) is 0.957. The van der Waals surface area contributed by atoms with Crippen LogP contribution in [0, 0.1) is 30.2 Å². The number of benzene rings is 1. The predicted octanol–water partition coefficient (Wildman–Crippen LogP) is 5.05. The van der Waals surface area contributed by atoms with Crippen molar-refractivity contribution in [2.45, 2.75) is 47.5 Å². The van der Waals surface area contributed by atoms with E-state index in [-0.39, 0.29) is 5.91 Å². The van der Waals surface area contributed by atoms with Crippen LogP contribution in [0.25, 0.3) is 0 Å². The highest BCUT2D eigenvalue weighted by molar-refractivity contribution is 5.81. The van der Waals surface area contributed by atoms with Crippen LogP contribution in [-0.4, -0.2) is 48.7 Å². The van der Waals surface area contributed by atoms with Crippen molar-refractivity contribution in [3.05, 3.63) is 54.3 Å². The van der Waals surface area contributed by atoms with Gasteiger partial charge in [0.2, 0.25) is 17.4 Å². The maximum Gasteiger partial charge on any atom is 0.330 e. The summed E-state index contributed by atoms with van der Waals surface area (Å²) in [7, 11) is 3.26. The minimum atomic E-state index is -1.72. The molecular weight excluding hydrogens is 486 g/mol. The van der Waals surface area contributed by atoms with E-state index in [1.165, 1.54) is 6.92 Å². The third-order valence-electron chi connectivity index (χ3n) is 3.37. The van der Waals surface area contributed by atoms with Crippen LogP contribution in [0.1, 0.15) is 46.1 Å². The number of esters is 1. The first-order valence-electron chi connectivity index (χ1n) is 10.2. The standard InChI is InChI=1S/C9H6F4O2.C7H9NO3.2C3H5N.C2H6/c1-3-5(10)7(12)9(15-4(2)14)8(13)6(3)11;1-5-3-4-7(10)8(5)11-6(2)9;2*1-3-4-2;1-2/h1-2H3;1,3-4H2,2H3;2*1H2,2H3;1-2H3. The molecule has 200 valence electrons. The molecule has 1 aromatic rings. The van der Waals surface area contributed by atoms with Gasteiger partial charge in [-0.1, -0.05) is 20.4 Å². The summed E-state index contributed by atoms with van der Waals surface area (Å²) in [5.74, 6) is -5.12. The molecule has 0 aliphatic carbocycles. The molecule has 12 heteroatoms. The van der Waals surface area contributed by atoms with Crippen LogP contribution in [0.5, 0.6) is 5.75 Å². The number of halogens is 4. The predicted molar refractivity (Wildman–Crippen MR) is 129 cm³/mol. The number of hydroxylamine groups is 2. The van der Waals surface area contributed by atoms with E-state index in [4.69, 9.17) is 0 Å². The molecular formula is C24H31F4N3O5. The zero-order chi connectivity index (χ0) is 29.0. The number of carbonyl (C=O) groups excluding carboxylic acids is 3. The summed E-state index contributed by atoms with van der Waals surface area (Å²) in [6, 6.07) is 0. The smallest absolute Gasteiger partial charge is 0.330 e. The van der Waals surface area contributed by atoms with Crippen molar-refractivity contribution < 1.29 is 41.5 Å². The average molecular weight is 518 g/mol. The van der Waals surface area contributed by atoms with E-state index in [1.807, 2.05) is 13.8 Å². The van der Waals surface area contributed by atoms with Gasteiger partial charge in [-0.25, -0.2) is 23.6 Å². The summed E-state index contributed by atoms with van der Waals surface area (Å²) < 4.78 is 55.9. The highest BCUT2D eigenvalue weighted by atomic mass is 19.2. The Kier molecular flexibility index (Phi) is 20.7. The van der Waals surface area contributed by atoms with Crippen molar-refractivity contribution >= 4 is 29.6 Å². The van der Waals surface area contributed by atoms with Crippen molar-refractivity contribution in [2.24, 2.45) is 9.98 Å². The minimum Gasteiger partial charge on any atom is -0.420 e. The van der Waals surface area contributed by atoms with Gasteiger partial charge in [0, 0.05) is 39.9 Å². The quantitative estimate of drug-likeness (QED) is 0.180. The number of carbonyl (C=O) groups is 3. The molecule has 0 bridgehead atoms. The topological polar surface area (TPSA) is 97.6 Å². The molecule has 1 aliphatic rings. The summed E-state index contributed by atoms with van der Waals surface area (Å²) in [5.41, 5.74) is -0.258. The number of nitrogens with zero attached hydrogens (tertiary/aromatic N) is 3. The highest BCUT2D eigenvalue weighted by Gasteiger charge is 2.27. The molecule has 1 aromatic carbocycles. The second-order valence-corrected chi connectivity index (χ2v) is 5.90. The molecule has 1 fully saturated rings. The molecule has 1 heterocycles. The van der Waals surface area contributed by atoms with Gasteiger partial charge in [-0.05, 0) is 38.2 Å². The summed E-state index contributed by atoms with van der Waals surface area (Å²) in [4.78, 5) is 43.1. The molecule has 0 aromatic heterocycles. The van der Waals surface area contributed by atoms with Gasteiger partial charge < -0.3 is 9.57 Å². The van der Waals surface area contributed by atoms with Gasteiger partial charge in [0.25, 0.3) is 5.91 Å². The molecule has 1 amide bonds. The first-order chi connectivity index (χ1) is 16.8. The Morgan fingerprint density at radius 2 is 1.28 bits per heavy atom. The average Bonchev–Trinajstić information content (AvgIpc) is 3.17. The van der Waals surface area contributed by atoms with Crippen molar-refractivity contribution in [3.8, 4) is 5.75 Å². The van der Waals surface area contributed by atoms with Crippen molar-refractivity contribution in [1.29, 1.82) is 0 Å². The van der Waals surface area contributed by atoms with Crippen LogP contribution in [0.2, 0.25) is 0 Å². The van der Waals surface area contributed by atoms with Crippen LogP contribution in [-0.2, 0) is 19.2 Å². The Labute approximate surface area is 208 Å². The highest BCUT2D eigenvalue weighted by Crippen LogP contribution is 2.29. The van der Waals surface area contributed by atoms with Crippen molar-refractivity contribution in [3.63, 3.8) is 0 Å². The van der Waals surface area contributed by atoms with Gasteiger partial charge in [-0.3, -0.25) is 9.59 Å². The fourth-order valence-electron chi connectivity index (χ4n) is 1.83. The number of rotatable bonds is 2. The first kappa shape index (κ1) is 36.6. The van der Waals surface area contributed by atoms with E-state index in [2.05, 4.69) is 51.0 Å². The SMILES string of the molecule is C=C1CCC(=O)N1OC(C)=O.C=C=NC.C=C=NC.CC.CC(=O)Oc1c(F)c(F)c(C)c(F)c1F. The fraction of sp³-hybridized carbons (Fsp3) is 0.375. The zero-order valence-corrected chi connectivity index (χ0v) is 21.4. The summed E-state index contributed by atoms with van der Waals surface area (Å²) >= 11 is 0. The lowest BCUT2D eigenvalue weighted by Crippen LogP contribution is -2.25. The number of ether oxygens (including phenoxy) is 1. The fourth-order valence-corrected chi connectivity index (χ4v) is 1.83. The molecule has 0 unspecified atom stereocenters. The Morgan fingerprint density at radius 1 is 0.889 bits per heavy atom. The van der Waals surface area contributed by atoms with E-state index in [0.29, 0.717) is 18.5 Å². The van der Waals surface area contributed by atoms with E-state index >= 15 is 0 Å². The molecule has 36 heavy (non-hydrogen) atoms. The third kappa shape index (κ3) is 13.6. The zero-order valence-electron chi connectivity index (χ0n) is 21.4. The molecule has 1 saturated heterocycles. The number of amides is 1. The second kappa shape index (κ2) is 20.4. The van der Waals surface area contributed by atoms with E-state index in [0.717, 1.165) is 18.9 Å². The Morgan fingerprint density at radius 3 is 1.53 bits per heavy atom. The minimum absolute atomic E-state index is 0.204. The van der Waals surface area contributed by atoms with Crippen molar-refractivity contribution in [1.82, 2.24) is 5.06 Å². The normalized spacial score (nSPS) is 10.7. The molecule has 0 N–H and O–H groups in total. The number of hydrogen-bond acceptors (Lipinski definition) is 7. The number of allylic oxidation sites excluding steroid dienone is 1. The van der Waals surface area contributed by atoms with Crippen LogP contribution in [0.15, 0.2) is 35.4 Å². The molecule has 1 aliphatic heterocycles. The summed E-state index contributed by atoms with van der Waals surface area (Å²) in [5, 5.41) is 0.961. The van der Waals surface area contributed by atoms with Crippen LogP contribution in [0.4, 0.5) is 17.6 Å². The van der Waals surface area contributed by atoms with Gasteiger partial charge in [0.15, 0.2) is 11.6 Å². The van der Waals surface area contributed by atoms with E-state index in [9.17, 15) is 31.9 Å². The largest absolute Gasteiger partial charge is 0.420 e. The van der Waals surface area contributed by atoms with Gasteiger partial charge in [0.05, 0.1) is 5.70 Å². The maximum absolute atomic E-state index is 13.0. The van der Waals surface area contributed by atoms with Crippen LogP contribution < -0.4 is 4.74 Å².